The minimum absolute atomic E-state index is 0.246. The topological polar surface area (TPSA) is 78.6 Å². The van der Waals surface area contributed by atoms with Gasteiger partial charge >= 0.3 is 0 Å². The summed E-state index contributed by atoms with van der Waals surface area (Å²) in [5.41, 5.74) is 6.21. The van der Waals surface area contributed by atoms with E-state index in [1.54, 1.807) is 36.4 Å². The second-order valence-electron chi connectivity index (χ2n) is 3.46. The molecule has 2 N–H and O–H groups in total. The second-order valence-corrected chi connectivity index (χ2v) is 4.09. The molecule has 0 saturated heterocycles. The van der Waals surface area contributed by atoms with E-state index in [-0.39, 0.29) is 5.75 Å². The first-order valence-corrected chi connectivity index (χ1v) is 6.19. The van der Waals surface area contributed by atoms with Gasteiger partial charge in [0.05, 0.1) is 0 Å². The van der Waals surface area contributed by atoms with Gasteiger partial charge in [-0.25, -0.2) is 0 Å². The highest BCUT2D eigenvalue weighted by atomic mass is 32.2. The smallest absolute Gasteiger partial charge is 0.299 e. The van der Waals surface area contributed by atoms with E-state index in [0.29, 0.717) is 17.2 Å². The Morgan fingerprint density at radius 1 is 0.778 bits per heavy atom. The van der Waals surface area contributed by atoms with Crippen molar-refractivity contribution < 1.29 is 17.3 Å². The Hall–Kier alpha value is -2.21. The van der Waals surface area contributed by atoms with Gasteiger partial charge in [0, 0.05) is 5.69 Å². The fourth-order valence-electron chi connectivity index (χ4n) is 1.33. The van der Waals surface area contributed by atoms with Gasteiger partial charge < -0.3 is 14.7 Å². The first-order chi connectivity index (χ1) is 8.63. The van der Waals surface area contributed by atoms with Crippen molar-refractivity contribution in [3.8, 4) is 17.2 Å². The first-order valence-electron chi connectivity index (χ1n) is 5.09. The Morgan fingerprint density at radius 2 is 1.22 bits per heavy atom. The van der Waals surface area contributed by atoms with E-state index in [1.807, 2.05) is 0 Å². The standard InChI is InChI=1S/C12H11NO4S/c13-9-1-3-10(4-2-9)16-11-5-7-12(8-6-11)17-18(14)15/h1-8,18H,13H2. The van der Waals surface area contributed by atoms with Crippen molar-refractivity contribution in [2.75, 3.05) is 5.73 Å². The molecule has 0 bridgehead atoms. The lowest BCUT2D eigenvalue weighted by atomic mass is 10.3. The number of rotatable bonds is 4. The van der Waals surface area contributed by atoms with E-state index in [0.717, 1.165) is 0 Å². The van der Waals surface area contributed by atoms with Crippen molar-refractivity contribution in [1.29, 1.82) is 0 Å². The van der Waals surface area contributed by atoms with Crippen LogP contribution < -0.4 is 14.7 Å². The summed E-state index contributed by atoms with van der Waals surface area (Å²) < 4.78 is 30.7. The number of ether oxygens (including phenoxy) is 1. The van der Waals surface area contributed by atoms with Gasteiger partial charge in [-0.15, -0.1) is 0 Å². The predicted octanol–water partition coefficient (Wildman–Crippen LogP) is 1.97. The summed E-state index contributed by atoms with van der Waals surface area (Å²) in [7, 11) is -2.89. The number of anilines is 1. The summed E-state index contributed by atoms with van der Waals surface area (Å²) in [5.74, 6) is 1.47. The third-order valence-corrected chi connectivity index (χ3v) is 2.48. The van der Waals surface area contributed by atoms with Crippen molar-refractivity contribution in [2.45, 2.75) is 0 Å². The Bertz CT molecular complexity index is 582. The highest BCUT2D eigenvalue weighted by Crippen LogP contribution is 2.24. The summed E-state index contributed by atoms with van der Waals surface area (Å²) in [6.45, 7) is 0. The molecule has 0 aliphatic carbocycles. The van der Waals surface area contributed by atoms with Crippen LogP contribution in [0.5, 0.6) is 17.2 Å². The molecule has 0 heterocycles. The average Bonchev–Trinajstić information content (AvgIpc) is 2.34. The van der Waals surface area contributed by atoms with Crippen LogP contribution in [0.4, 0.5) is 5.69 Å². The summed E-state index contributed by atoms with van der Waals surface area (Å²) in [4.78, 5) is 0. The highest BCUT2D eigenvalue weighted by Gasteiger charge is 1.99. The number of nitrogens with two attached hydrogens (primary N) is 1. The number of hydrogen-bond acceptors (Lipinski definition) is 5. The average molecular weight is 265 g/mol. The summed E-state index contributed by atoms with van der Waals surface area (Å²) in [5, 5.41) is 0. The number of thiol groups is 1. The molecular formula is C12H11NO4S. The van der Waals surface area contributed by atoms with Crippen molar-refractivity contribution in [2.24, 2.45) is 0 Å². The maximum absolute atomic E-state index is 10.3. The third kappa shape index (κ3) is 3.39. The molecule has 6 heteroatoms. The Kier molecular flexibility index (Phi) is 3.69. The van der Waals surface area contributed by atoms with E-state index >= 15 is 0 Å². The predicted molar refractivity (Wildman–Crippen MR) is 68.3 cm³/mol. The molecule has 5 nitrogen and oxygen atoms in total. The SMILES string of the molecule is Nc1ccc(Oc2ccc(O[SH](=O)=O)cc2)cc1. The van der Waals surface area contributed by atoms with Crippen LogP contribution in [0.15, 0.2) is 48.5 Å². The van der Waals surface area contributed by atoms with Crippen LogP contribution in [0.1, 0.15) is 0 Å². The largest absolute Gasteiger partial charge is 0.457 e. The molecule has 0 aliphatic heterocycles. The van der Waals surface area contributed by atoms with Gasteiger partial charge in [0.2, 0.25) is 0 Å². The summed E-state index contributed by atoms with van der Waals surface area (Å²) >= 11 is 0. The first kappa shape index (κ1) is 12.3. The molecule has 0 spiro atoms. The minimum atomic E-state index is -2.89. The summed E-state index contributed by atoms with van der Waals surface area (Å²) in [6.07, 6.45) is 0. The van der Waals surface area contributed by atoms with Crippen LogP contribution in [-0.4, -0.2) is 8.42 Å². The Balaban J connectivity index is 2.08. The molecule has 0 atom stereocenters. The molecular weight excluding hydrogens is 254 g/mol. The molecule has 18 heavy (non-hydrogen) atoms. The lowest BCUT2D eigenvalue weighted by Crippen LogP contribution is -1.90. The minimum Gasteiger partial charge on any atom is -0.457 e. The molecule has 0 fully saturated rings. The zero-order chi connectivity index (χ0) is 13.0. The Morgan fingerprint density at radius 3 is 1.72 bits per heavy atom. The normalized spacial score (nSPS) is 10.3. The van der Waals surface area contributed by atoms with Crippen LogP contribution in [-0.2, 0) is 11.0 Å². The highest BCUT2D eigenvalue weighted by molar-refractivity contribution is 7.67. The van der Waals surface area contributed by atoms with E-state index in [1.165, 1.54) is 12.1 Å². The lowest BCUT2D eigenvalue weighted by Gasteiger charge is -2.06. The fraction of sp³-hybridized carbons (Fsp3) is 0. The second kappa shape index (κ2) is 5.42. The quantitative estimate of drug-likeness (QED) is 0.652. The molecule has 2 aromatic rings. The monoisotopic (exact) mass is 265 g/mol. The molecule has 0 aliphatic rings. The van der Waals surface area contributed by atoms with Crippen LogP contribution in [0.2, 0.25) is 0 Å². The zero-order valence-corrected chi connectivity index (χ0v) is 10.2. The van der Waals surface area contributed by atoms with Crippen LogP contribution in [0.3, 0.4) is 0 Å². The molecule has 0 amide bonds. The zero-order valence-electron chi connectivity index (χ0n) is 9.28. The molecule has 0 aromatic heterocycles. The van der Waals surface area contributed by atoms with Crippen molar-refractivity contribution in [3.63, 3.8) is 0 Å². The van der Waals surface area contributed by atoms with Gasteiger partial charge in [-0.05, 0) is 48.5 Å². The van der Waals surface area contributed by atoms with Crippen molar-refractivity contribution in [1.82, 2.24) is 0 Å². The molecule has 0 radical (unpaired) electrons. The maximum Gasteiger partial charge on any atom is 0.299 e. The van der Waals surface area contributed by atoms with Crippen LogP contribution in [0, 0.1) is 0 Å². The van der Waals surface area contributed by atoms with Crippen LogP contribution in [0.25, 0.3) is 0 Å². The molecule has 2 rings (SSSR count). The molecule has 0 saturated carbocycles. The van der Waals surface area contributed by atoms with E-state index in [9.17, 15) is 8.42 Å². The molecule has 0 unspecified atom stereocenters. The number of benzene rings is 2. The maximum atomic E-state index is 10.3. The van der Waals surface area contributed by atoms with Gasteiger partial charge in [0.1, 0.15) is 17.2 Å². The third-order valence-electron chi connectivity index (χ3n) is 2.12. The van der Waals surface area contributed by atoms with Crippen LogP contribution >= 0.6 is 0 Å². The number of nitrogen functional groups attached to an aromatic ring is 1. The van der Waals surface area contributed by atoms with Gasteiger partial charge in [-0.2, -0.15) is 8.42 Å². The fourth-order valence-corrected chi connectivity index (χ4v) is 1.62. The van der Waals surface area contributed by atoms with Gasteiger partial charge in [-0.3, -0.25) is 0 Å². The van der Waals surface area contributed by atoms with Gasteiger partial charge in [0.25, 0.3) is 11.0 Å². The van der Waals surface area contributed by atoms with E-state index in [2.05, 4.69) is 4.18 Å². The van der Waals surface area contributed by atoms with Crippen molar-refractivity contribution in [3.05, 3.63) is 48.5 Å². The van der Waals surface area contributed by atoms with E-state index < -0.39 is 11.0 Å². The van der Waals surface area contributed by atoms with Gasteiger partial charge in [0.15, 0.2) is 0 Å². The molecule has 94 valence electrons. The van der Waals surface area contributed by atoms with Crippen molar-refractivity contribution >= 4 is 16.7 Å². The lowest BCUT2D eigenvalue weighted by molar-refractivity contribution is 0.479. The molecule has 2 aromatic carbocycles. The van der Waals surface area contributed by atoms with E-state index in [4.69, 9.17) is 10.5 Å². The summed E-state index contributed by atoms with van der Waals surface area (Å²) in [6, 6.07) is 13.2. The Labute approximate surface area is 106 Å². The van der Waals surface area contributed by atoms with Gasteiger partial charge in [-0.1, -0.05) is 0 Å². The number of hydrogen-bond donors (Lipinski definition) is 2.